The van der Waals surface area contributed by atoms with Crippen molar-refractivity contribution in [3.05, 3.63) is 70.0 Å². The van der Waals surface area contributed by atoms with Gasteiger partial charge in [0.2, 0.25) is 0 Å². The molecular weight excluding hydrogens is 559 g/mol. The van der Waals surface area contributed by atoms with E-state index in [1.165, 1.54) is 0 Å². The SMILES string of the molecule is O=C(O)C(F)(F)F.O=C1NC(=O)C(c2cn3c4c(cc(Br)cc24)CNCC3)=C1c1coc2ccccc12. The maximum atomic E-state index is 13.0. The summed E-state index contributed by atoms with van der Waals surface area (Å²) in [7, 11) is 0. The third-order valence-electron chi connectivity index (χ3n) is 6.05. The summed E-state index contributed by atoms with van der Waals surface area (Å²) in [6, 6.07) is 11.6. The molecule has 0 fully saturated rings. The summed E-state index contributed by atoms with van der Waals surface area (Å²) in [4.78, 5) is 34.7. The number of furan rings is 1. The molecule has 0 saturated carbocycles. The van der Waals surface area contributed by atoms with Crippen molar-refractivity contribution in [3.8, 4) is 0 Å². The minimum atomic E-state index is -5.08. The molecule has 0 unspecified atom stereocenters. The van der Waals surface area contributed by atoms with Gasteiger partial charge in [-0.05, 0) is 23.8 Å². The number of rotatable bonds is 2. The van der Waals surface area contributed by atoms with Crippen molar-refractivity contribution in [2.45, 2.75) is 19.3 Å². The van der Waals surface area contributed by atoms with Gasteiger partial charge < -0.3 is 19.4 Å². The van der Waals surface area contributed by atoms with Crippen molar-refractivity contribution >= 4 is 66.7 Å². The Kier molecular flexibility index (Phi) is 6.16. The first-order valence-electron chi connectivity index (χ1n) is 10.9. The topological polar surface area (TPSA) is 114 Å². The van der Waals surface area contributed by atoms with Crippen LogP contribution >= 0.6 is 15.9 Å². The lowest BCUT2D eigenvalue weighted by molar-refractivity contribution is -0.192. The Bertz CT molecular complexity index is 1630. The highest BCUT2D eigenvalue weighted by Gasteiger charge is 2.38. The van der Waals surface area contributed by atoms with Crippen LogP contribution in [0.1, 0.15) is 16.7 Å². The number of imide groups is 1. The maximum Gasteiger partial charge on any atom is 0.490 e. The van der Waals surface area contributed by atoms with Crippen LogP contribution in [0, 0.1) is 0 Å². The van der Waals surface area contributed by atoms with E-state index in [0.717, 1.165) is 51.5 Å². The number of hydrogen-bond acceptors (Lipinski definition) is 5. The molecule has 0 aliphatic carbocycles. The molecule has 8 nitrogen and oxygen atoms in total. The predicted molar refractivity (Wildman–Crippen MR) is 131 cm³/mol. The number of aromatic nitrogens is 1. The van der Waals surface area contributed by atoms with Crippen LogP contribution in [-0.4, -0.2) is 40.2 Å². The Hall–Kier alpha value is -3.90. The molecule has 0 spiro atoms. The van der Waals surface area contributed by atoms with Crippen LogP contribution < -0.4 is 10.6 Å². The monoisotopic (exact) mass is 575 g/mol. The quantitative estimate of drug-likeness (QED) is 0.304. The zero-order valence-electron chi connectivity index (χ0n) is 18.8. The first-order chi connectivity index (χ1) is 17.6. The average molecular weight is 576 g/mol. The Labute approximate surface area is 214 Å². The molecule has 0 bridgehead atoms. The molecule has 0 radical (unpaired) electrons. The predicted octanol–water partition coefficient (Wildman–Crippen LogP) is 4.45. The van der Waals surface area contributed by atoms with Crippen LogP contribution in [0.3, 0.4) is 0 Å². The van der Waals surface area contributed by atoms with E-state index in [4.69, 9.17) is 14.3 Å². The Morgan fingerprint density at radius 2 is 1.73 bits per heavy atom. The Morgan fingerprint density at radius 3 is 2.43 bits per heavy atom. The summed E-state index contributed by atoms with van der Waals surface area (Å²) >= 11 is 3.60. The van der Waals surface area contributed by atoms with Gasteiger partial charge in [0, 0.05) is 52.2 Å². The van der Waals surface area contributed by atoms with Crippen molar-refractivity contribution in [2.75, 3.05) is 6.54 Å². The molecule has 6 rings (SSSR count). The smallest absolute Gasteiger partial charge is 0.475 e. The number of para-hydroxylation sites is 1. The first kappa shape index (κ1) is 24.8. The molecule has 0 atom stereocenters. The molecule has 2 aliphatic heterocycles. The summed E-state index contributed by atoms with van der Waals surface area (Å²) in [5.74, 6) is -3.53. The number of benzene rings is 2. The molecule has 4 heterocycles. The fraction of sp³-hybridized carbons (Fsp3) is 0.160. The highest BCUT2D eigenvalue weighted by Crippen LogP contribution is 2.40. The average Bonchev–Trinajstić information content (AvgIpc) is 3.44. The molecular formula is C25H17BrF3N3O5. The van der Waals surface area contributed by atoms with E-state index in [-0.39, 0.29) is 5.91 Å². The number of carbonyl (C=O) groups excluding carboxylic acids is 2. The molecule has 2 aromatic carbocycles. The molecule has 12 heteroatoms. The van der Waals surface area contributed by atoms with Crippen molar-refractivity contribution in [1.29, 1.82) is 0 Å². The number of carbonyl (C=O) groups is 3. The third-order valence-corrected chi connectivity index (χ3v) is 6.51. The summed E-state index contributed by atoms with van der Waals surface area (Å²) in [5.41, 5.74) is 5.08. The number of fused-ring (bicyclic) bond motifs is 1. The number of carboxylic acid groups (broad SMARTS) is 1. The van der Waals surface area contributed by atoms with E-state index in [2.05, 4.69) is 37.2 Å². The highest BCUT2D eigenvalue weighted by atomic mass is 79.9. The van der Waals surface area contributed by atoms with Gasteiger partial charge in [-0.2, -0.15) is 13.2 Å². The van der Waals surface area contributed by atoms with Crippen LogP contribution in [0.15, 0.2) is 57.7 Å². The summed E-state index contributed by atoms with van der Waals surface area (Å²) in [6.07, 6.45) is -1.53. The van der Waals surface area contributed by atoms with Crippen LogP contribution in [0.5, 0.6) is 0 Å². The lowest BCUT2D eigenvalue weighted by atomic mass is 9.95. The van der Waals surface area contributed by atoms with Crippen LogP contribution in [0.4, 0.5) is 13.2 Å². The minimum absolute atomic E-state index is 0.362. The second-order valence-electron chi connectivity index (χ2n) is 8.36. The summed E-state index contributed by atoms with van der Waals surface area (Å²) < 4.78 is 40.5. The minimum Gasteiger partial charge on any atom is -0.475 e. The first-order valence-corrected chi connectivity index (χ1v) is 11.7. The molecule has 4 aromatic rings. The number of halogens is 4. The Morgan fingerprint density at radius 1 is 1.05 bits per heavy atom. The van der Waals surface area contributed by atoms with E-state index in [1.54, 1.807) is 6.26 Å². The van der Waals surface area contributed by atoms with E-state index >= 15 is 0 Å². The fourth-order valence-corrected chi connectivity index (χ4v) is 5.07. The number of carboxylic acids is 1. The number of nitrogens with zero attached hydrogens (tertiary/aromatic N) is 1. The van der Waals surface area contributed by atoms with Crippen molar-refractivity contribution < 1.29 is 37.1 Å². The van der Waals surface area contributed by atoms with E-state index in [1.807, 2.05) is 36.5 Å². The molecule has 0 saturated heterocycles. The number of hydrogen-bond donors (Lipinski definition) is 3. The van der Waals surface area contributed by atoms with Gasteiger partial charge >= 0.3 is 12.1 Å². The van der Waals surface area contributed by atoms with Gasteiger partial charge in [-0.3, -0.25) is 14.9 Å². The normalized spacial score (nSPS) is 15.6. The number of alkyl halides is 3. The summed E-state index contributed by atoms with van der Waals surface area (Å²) in [5, 5.41) is 14.8. The number of aliphatic carboxylic acids is 1. The molecule has 37 heavy (non-hydrogen) atoms. The highest BCUT2D eigenvalue weighted by molar-refractivity contribution is 9.10. The van der Waals surface area contributed by atoms with Crippen molar-refractivity contribution in [2.24, 2.45) is 0 Å². The van der Waals surface area contributed by atoms with E-state index in [9.17, 15) is 22.8 Å². The second kappa shape index (κ2) is 9.20. The standard InChI is InChI=1S/C23H16BrN3O3.C2HF3O2/c24-13-7-12-9-25-5-6-27-10-16(15(8-13)21(12)27)19-20(23(29)26-22(19)28)17-11-30-18-4-2-1-3-14(17)18;3-2(4,5)1(6)7/h1-4,7-8,10-11,25H,5-6,9H2,(H,26,28,29);(H,6,7). The van der Waals surface area contributed by atoms with Gasteiger partial charge in [0.1, 0.15) is 5.58 Å². The van der Waals surface area contributed by atoms with Gasteiger partial charge in [-0.15, -0.1) is 0 Å². The third kappa shape index (κ3) is 4.42. The van der Waals surface area contributed by atoms with E-state index < -0.39 is 18.1 Å². The Balaban J connectivity index is 0.000000355. The zero-order valence-corrected chi connectivity index (χ0v) is 20.4. The van der Waals surface area contributed by atoms with Crippen LogP contribution in [0.25, 0.3) is 33.0 Å². The molecule has 190 valence electrons. The van der Waals surface area contributed by atoms with Crippen molar-refractivity contribution in [1.82, 2.24) is 15.2 Å². The zero-order chi connectivity index (χ0) is 26.5. The van der Waals surface area contributed by atoms with Gasteiger partial charge in [-0.1, -0.05) is 34.1 Å². The van der Waals surface area contributed by atoms with E-state index in [0.29, 0.717) is 22.3 Å². The molecule has 3 N–H and O–H groups in total. The largest absolute Gasteiger partial charge is 0.490 e. The van der Waals surface area contributed by atoms with Crippen LogP contribution in [0.2, 0.25) is 0 Å². The lowest BCUT2D eigenvalue weighted by Crippen LogP contribution is -2.22. The lowest BCUT2D eigenvalue weighted by Gasteiger charge is -2.06. The summed E-state index contributed by atoms with van der Waals surface area (Å²) in [6.45, 7) is 2.37. The number of amides is 2. The van der Waals surface area contributed by atoms with Crippen LogP contribution in [-0.2, 0) is 27.5 Å². The number of nitrogens with one attached hydrogen (secondary N) is 2. The van der Waals surface area contributed by atoms with Gasteiger partial charge in [0.05, 0.1) is 22.9 Å². The van der Waals surface area contributed by atoms with Gasteiger partial charge in [-0.25, -0.2) is 4.79 Å². The molecule has 2 amide bonds. The fourth-order valence-electron chi connectivity index (χ4n) is 4.56. The van der Waals surface area contributed by atoms with Gasteiger partial charge in [0.15, 0.2) is 0 Å². The molecule has 2 aliphatic rings. The van der Waals surface area contributed by atoms with Crippen molar-refractivity contribution in [3.63, 3.8) is 0 Å². The second-order valence-corrected chi connectivity index (χ2v) is 9.27. The van der Waals surface area contributed by atoms with Gasteiger partial charge in [0.25, 0.3) is 11.8 Å². The molecule has 2 aromatic heterocycles. The maximum absolute atomic E-state index is 13.0.